The number of aryl methyl sites for hydroxylation is 1. The molecule has 26 heavy (non-hydrogen) atoms. The van der Waals surface area contributed by atoms with Gasteiger partial charge in [-0.15, -0.1) is 0 Å². The molecule has 0 saturated heterocycles. The Bertz CT molecular complexity index is 1060. The highest BCUT2D eigenvalue weighted by atomic mass is 16.3. The predicted molar refractivity (Wildman–Crippen MR) is 97.8 cm³/mol. The van der Waals surface area contributed by atoms with E-state index < -0.39 is 12.1 Å². The molecule has 1 amide bonds. The molecule has 0 saturated carbocycles. The number of rotatable bonds is 3. The van der Waals surface area contributed by atoms with E-state index in [4.69, 9.17) is 0 Å². The Hall–Kier alpha value is -2.99. The second-order valence-electron chi connectivity index (χ2n) is 6.61. The maximum absolute atomic E-state index is 12.6. The number of amides is 1. The Morgan fingerprint density at radius 3 is 2.69 bits per heavy atom. The molecule has 0 spiro atoms. The number of carbonyl (C=O) groups excluding carboxylic acids is 1. The smallest absolute Gasteiger partial charge is 0.275 e. The number of aliphatic hydroxyl groups excluding tert-OH is 1. The molecule has 2 aromatic carbocycles. The first-order valence-electron chi connectivity index (χ1n) is 8.56. The minimum atomic E-state index is -0.667. The van der Waals surface area contributed by atoms with Gasteiger partial charge < -0.3 is 10.4 Å². The summed E-state index contributed by atoms with van der Waals surface area (Å²) in [5.41, 5.74) is 2.35. The molecule has 2 unspecified atom stereocenters. The first kappa shape index (κ1) is 16.5. The molecule has 1 heterocycles. The van der Waals surface area contributed by atoms with Crippen LogP contribution in [0.5, 0.6) is 0 Å². The number of benzene rings is 2. The maximum atomic E-state index is 12.6. The number of carbonyl (C=O) groups is 1. The molecule has 1 aliphatic carbocycles. The summed E-state index contributed by atoms with van der Waals surface area (Å²) >= 11 is 0. The highest BCUT2D eigenvalue weighted by molar-refractivity contribution is 5.83. The minimum Gasteiger partial charge on any atom is -0.390 e. The standard InChI is InChI=1S/C20H19N3O3/c1-12-14-7-4-5-9-16(14)20(26)23(22-12)11-18(25)21-19-15-8-3-2-6-13(15)10-17(19)24/h2-9,17,19,24H,10-11H2,1H3,(H,21,25). The highest BCUT2D eigenvalue weighted by Gasteiger charge is 2.31. The zero-order valence-corrected chi connectivity index (χ0v) is 14.3. The van der Waals surface area contributed by atoms with E-state index in [2.05, 4.69) is 10.4 Å². The number of aromatic nitrogens is 2. The zero-order chi connectivity index (χ0) is 18.3. The molecule has 0 radical (unpaired) electrons. The number of aliphatic hydroxyl groups is 1. The fourth-order valence-corrected chi connectivity index (χ4v) is 3.61. The van der Waals surface area contributed by atoms with Gasteiger partial charge in [0.05, 0.1) is 23.2 Å². The molecule has 6 heteroatoms. The first-order valence-corrected chi connectivity index (χ1v) is 8.56. The lowest BCUT2D eigenvalue weighted by atomic mass is 10.1. The van der Waals surface area contributed by atoms with Crippen LogP contribution in [0.4, 0.5) is 0 Å². The van der Waals surface area contributed by atoms with Crippen LogP contribution in [0, 0.1) is 6.92 Å². The van der Waals surface area contributed by atoms with Crippen molar-refractivity contribution in [1.82, 2.24) is 15.1 Å². The summed E-state index contributed by atoms with van der Waals surface area (Å²) in [4.78, 5) is 25.1. The SMILES string of the molecule is Cc1nn(CC(=O)NC2c3ccccc3CC2O)c(=O)c2ccccc12. The molecule has 2 N–H and O–H groups in total. The molecule has 0 fully saturated rings. The van der Waals surface area contributed by atoms with Crippen LogP contribution >= 0.6 is 0 Å². The molecule has 3 aromatic rings. The average molecular weight is 349 g/mol. The highest BCUT2D eigenvalue weighted by Crippen LogP contribution is 2.31. The molecule has 0 bridgehead atoms. The number of nitrogens with zero attached hydrogens (tertiary/aromatic N) is 2. The molecule has 0 aliphatic heterocycles. The van der Waals surface area contributed by atoms with Crippen molar-refractivity contribution in [3.63, 3.8) is 0 Å². The van der Waals surface area contributed by atoms with Crippen LogP contribution in [0.2, 0.25) is 0 Å². The van der Waals surface area contributed by atoms with Crippen molar-refractivity contribution in [3.8, 4) is 0 Å². The molecule has 132 valence electrons. The average Bonchev–Trinajstić information content (AvgIpc) is 2.95. The van der Waals surface area contributed by atoms with E-state index >= 15 is 0 Å². The Morgan fingerprint density at radius 2 is 1.88 bits per heavy atom. The van der Waals surface area contributed by atoms with E-state index in [1.807, 2.05) is 43.3 Å². The van der Waals surface area contributed by atoms with Crippen molar-refractivity contribution < 1.29 is 9.90 Å². The van der Waals surface area contributed by atoms with E-state index in [1.165, 1.54) is 4.68 Å². The van der Waals surface area contributed by atoms with Gasteiger partial charge >= 0.3 is 0 Å². The van der Waals surface area contributed by atoms with Gasteiger partial charge in [-0.3, -0.25) is 9.59 Å². The topological polar surface area (TPSA) is 84.2 Å². The van der Waals surface area contributed by atoms with Crippen molar-refractivity contribution in [3.05, 3.63) is 75.7 Å². The van der Waals surface area contributed by atoms with Crippen LogP contribution in [0.3, 0.4) is 0 Å². The van der Waals surface area contributed by atoms with Crippen molar-refractivity contribution in [2.45, 2.75) is 32.0 Å². The van der Waals surface area contributed by atoms with Gasteiger partial charge in [-0.25, -0.2) is 4.68 Å². The van der Waals surface area contributed by atoms with E-state index in [1.54, 1.807) is 12.1 Å². The maximum Gasteiger partial charge on any atom is 0.275 e. The summed E-state index contributed by atoms with van der Waals surface area (Å²) < 4.78 is 1.18. The zero-order valence-electron chi connectivity index (χ0n) is 14.3. The fourth-order valence-electron chi connectivity index (χ4n) is 3.61. The van der Waals surface area contributed by atoms with Gasteiger partial charge in [0.1, 0.15) is 6.54 Å². The molecule has 1 aromatic heterocycles. The number of hydrogen-bond acceptors (Lipinski definition) is 4. The Kier molecular flexibility index (Phi) is 4.05. The van der Waals surface area contributed by atoms with Crippen molar-refractivity contribution in [2.75, 3.05) is 0 Å². The van der Waals surface area contributed by atoms with Crippen LogP contribution < -0.4 is 10.9 Å². The lowest BCUT2D eigenvalue weighted by Crippen LogP contribution is -2.38. The molecule has 2 atom stereocenters. The van der Waals surface area contributed by atoms with E-state index in [0.29, 0.717) is 17.5 Å². The van der Waals surface area contributed by atoms with Crippen molar-refractivity contribution >= 4 is 16.7 Å². The predicted octanol–water partition coefficient (Wildman–Crippen LogP) is 1.48. The number of nitrogens with one attached hydrogen (secondary N) is 1. The summed E-state index contributed by atoms with van der Waals surface area (Å²) in [6.45, 7) is 1.63. The largest absolute Gasteiger partial charge is 0.390 e. The number of fused-ring (bicyclic) bond motifs is 2. The molecule has 1 aliphatic rings. The summed E-state index contributed by atoms with van der Waals surface area (Å²) in [5.74, 6) is -0.352. The van der Waals surface area contributed by atoms with E-state index in [9.17, 15) is 14.7 Å². The van der Waals surface area contributed by atoms with Gasteiger partial charge in [0, 0.05) is 11.8 Å². The summed E-state index contributed by atoms with van der Waals surface area (Å²) in [5, 5.41) is 18.7. The quantitative estimate of drug-likeness (QED) is 0.750. The van der Waals surface area contributed by atoms with Gasteiger partial charge in [-0.1, -0.05) is 42.5 Å². The van der Waals surface area contributed by atoms with Gasteiger partial charge in [-0.05, 0) is 24.1 Å². The minimum absolute atomic E-state index is 0.185. The van der Waals surface area contributed by atoms with Crippen LogP contribution in [0.1, 0.15) is 22.9 Å². The van der Waals surface area contributed by atoms with Gasteiger partial charge in [-0.2, -0.15) is 5.10 Å². The molecular formula is C20H19N3O3. The Labute approximate surface area is 150 Å². The normalized spacial score (nSPS) is 18.7. The first-order chi connectivity index (χ1) is 12.5. The van der Waals surface area contributed by atoms with Crippen LogP contribution in [0.25, 0.3) is 10.8 Å². The van der Waals surface area contributed by atoms with E-state index in [-0.39, 0.29) is 18.0 Å². The second kappa shape index (κ2) is 6.38. The van der Waals surface area contributed by atoms with E-state index in [0.717, 1.165) is 16.5 Å². The van der Waals surface area contributed by atoms with Crippen molar-refractivity contribution in [2.24, 2.45) is 0 Å². The third-order valence-electron chi connectivity index (χ3n) is 4.87. The van der Waals surface area contributed by atoms with Gasteiger partial charge in [0.15, 0.2) is 0 Å². The summed E-state index contributed by atoms with van der Waals surface area (Å²) in [6.07, 6.45) is -0.159. The lowest BCUT2D eigenvalue weighted by Gasteiger charge is -2.18. The summed E-state index contributed by atoms with van der Waals surface area (Å²) in [6, 6.07) is 14.4. The molecule has 4 rings (SSSR count). The Balaban J connectivity index is 1.59. The molecular weight excluding hydrogens is 330 g/mol. The molecule has 6 nitrogen and oxygen atoms in total. The fraction of sp³-hybridized carbons (Fsp3) is 0.250. The van der Waals surface area contributed by atoms with Gasteiger partial charge in [0.25, 0.3) is 5.56 Å². The van der Waals surface area contributed by atoms with Gasteiger partial charge in [0.2, 0.25) is 5.91 Å². The monoisotopic (exact) mass is 349 g/mol. The second-order valence-corrected chi connectivity index (χ2v) is 6.61. The third kappa shape index (κ3) is 2.78. The number of hydrogen-bond donors (Lipinski definition) is 2. The lowest BCUT2D eigenvalue weighted by molar-refractivity contribution is -0.123. The van der Waals surface area contributed by atoms with Crippen LogP contribution in [-0.4, -0.2) is 26.9 Å². The van der Waals surface area contributed by atoms with Crippen LogP contribution in [-0.2, 0) is 17.8 Å². The van der Waals surface area contributed by atoms with Crippen LogP contribution in [0.15, 0.2) is 53.3 Å². The summed E-state index contributed by atoms with van der Waals surface area (Å²) in [7, 11) is 0. The van der Waals surface area contributed by atoms with Crippen molar-refractivity contribution in [1.29, 1.82) is 0 Å². The Morgan fingerprint density at radius 1 is 1.19 bits per heavy atom. The third-order valence-corrected chi connectivity index (χ3v) is 4.87.